The molecule has 1 N–H and O–H groups in total. The second kappa shape index (κ2) is 6.38. The average molecular weight is 312 g/mol. The Balaban J connectivity index is 2.27. The molecular formula is C15H24N2O3S. The van der Waals surface area contributed by atoms with Crippen molar-refractivity contribution in [1.29, 1.82) is 0 Å². The fourth-order valence-electron chi connectivity index (χ4n) is 3.47. The Labute approximate surface area is 130 Å². The van der Waals surface area contributed by atoms with Gasteiger partial charge in [0.25, 0.3) is 0 Å². The number of carbonyl (C=O) groups excluding carboxylic acids is 3. The van der Waals surface area contributed by atoms with Crippen molar-refractivity contribution in [3.63, 3.8) is 0 Å². The van der Waals surface area contributed by atoms with E-state index in [1.165, 1.54) is 4.90 Å². The maximum atomic E-state index is 12.9. The number of thioether (sulfide) groups is 1. The van der Waals surface area contributed by atoms with Crippen LogP contribution in [-0.2, 0) is 9.59 Å². The fraction of sp³-hybridized carbons (Fsp3) is 0.800. The number of carbonyl (C=O) groups is 3. The van der Waals surface area contributed by atoms with E-state index in [1.54, 1.807) is 11.8 Å². The number of barbiturate groups is 1. The van der Waals surface area contributed by atoms with Gasteiger partial charge in [-0.25, -0.2) is 4.79 Å². The van der Waals surface area contributed by atoms with E-state index in [-0.39, 0.29) is 11.9 Å². The van der Waals surface area contributed by atoms with E-state index < -0.39 is 17.4 Å². The number of rotatable bonds is 4. The highest BCUT2D eigenvalue weighted by Gasteiger charge is 2.53. The summed E-state index contributed by atoms with van der Waals surface area (Å²) >= 11 is 1.79. The lowest BCUT2D eigenvalue weighted by Crippen LogP contribution is -2.66. The van der Waals surface area contributed by atoms with Crippen LogP contribution in [0.5, 0.6) is 0 Å². The van der Waals surface area contributed by atoms with Crippen molar-refractivity contribution in [3.8, 4) is 0 Å². The lowest BCUT2D eigenvalue weighted by molar-refractivity contribution is -0.154. The van der Waals surface area contributed by atoms with Gasteiger partial charge in [-0.15, -0.1) is 0 Å². The largest absolute Gasteiger partial charge is 0.331 e. The number of hydrogen-bond acceptors (Lipinski definition) is 4. The number of nitrogens with one attached hydrogen (secondary N) is 1. The van der Waals surface area contributed by atoms with Gasteiger partial charge in [0.2, 0.25) is 11.8 Å². The van der Waals surface area contributed by atoms with E-state index in [4.69, 9.17) is 0 Å². The van der Waals surface area contributed by atoms with Crippen LogP contribution >= 0.6 is 11.8 Å². The Morgan fingerprint density at radius 2 is 1.90 bits per heavy atom. The molecule has 1 saturated carbocycles. The zero-order valence-corrected chi connectivity index (χ0v) is 13.8. The monoisotopic (exact) mass is 312 g/mol. The van der Waals surface area contributed by atoms with Crippen LogP contribution in [0.25, 0.3) is 0 Å². The fourth-order valence-corrected chi connectivity index (χ4v) is 4.29. The van der Waals surface area contributed by atoms with Crippen molar-refractivity contribution in [1.82, 2.24) is 10.2 Å². The maximum Gasteiger partial charge on any atom is 0.331 e. The summed E-state index contributed by atoms with van der Waals surface area (Å²) in [7, 11) is 0. The molecule has 0 radical (unpaired) electrons. The van der Waals surface area contributed by atoms with Crippen molar-refractivity contribution < 1.29 is 14.4 Å². The summed E-state index contributed by atoms with van der Waals surface area (Å²) in [5.41, 5.74) is -1.07. The predicted molar refractivity (Wildman–Crippen MR) is 83.0 cm³/mol. The van der Waals surface area contributed by atoms with Gasteiger partial charge in [0.1, 0.15) is 5.41 Å². The molecule has 2 unspecified atom stereocenters. The van der Waals surface area contributed by atoms with Crippen molar-refractivity contribution in [3.05, 3.63) is 0 Å². The summed E-state index contributed by atoms with van der Waals surface area (Å²) < 4.78 is 0. The highest BCUT2D eigenvalue weighted by Crippen LogP contribution is 2.37. The first-order valence-corrected chi connectivity index (χ1v) is 9.00. The smallest absolute Gasteiger partial charge is 0.277 e. The quantitative estimate of drug-likeness (QED) is 0.810. The first kappa shape index (κ1) is 16.3. The van der Waals surface area contributed by atoms with E-state index in [2.05, 4.69) is 11.6 Å². The first-order chi connectivity index (χ1) is 10.00. The SMILES string of the molecule is CCC1(CC)C(=O)NC(=O)N(C2CCCC(SC)C2)C1=O. The van der Waals surface area contributed by atoms with Crippen molar-refractivity contribution in [2.24, 2.45) is 5.41 Å². The topological polar surface area (TPSA) is 66.5 Å². The van der Waals surface area contributed by atoms with Crippen molar-refractivity contribution in [2.45, 2.75) is 63.7 Å². The third-order valence-electron chi connectivity index (χ3n) is 5.01. The molecule has 1 heterocycles. The van der Waals surface area contributed by atoms with E-state index >= 15 is 0 Å². The van der Waals surface area contributed by atoms with Gasteiger partial charge in [-0.05, 0) is 38.4 Å². The van der Waals surface area contributed by atoms with E-state index in [0.717, 1.165) is 25.7 Å². The number of nitrogens with zero attached hydrogens (tertiary/aromatic N) is 1. The van der Waals surface area contributed by atoms with Crippen molar-refractivity contribution in [2.75, 3.05) is 6.26 Å². The van der Waals surface area contributed by atoms with Crippen LogP contribution in [0.2, 0.25) is 0 Å². The number of hydrogen-bond donors (Lipinski definition) is 1. The number of imide groups is 2. The van der Waals surface area contributed by atoms with E-state index in [1.807, 2.05) is 13.8 Å². The van der Waals surface area contributed by atoms with Gasteiger partial charge in [-0.1, -0.05) is 20.3 Å². The molecule has 0 aromatic heterocycles. The summed E-state index contributed by atoms with van der Waals surface area (Å²) in [6, 6.07) is -0.608. The average Bonchev–Trinajstić information content (AvgIpc) is 2.48. The van der Waals surface area contributed by atoms with Gasteiger partial charge in [0.05, 0.1) is 0 Å². The van der Waals surface area contributed by atoms with Crippen LogP contribution in [0.1, 0.15) is 52.4 Å². The molecule has 0 aromatic carbocycles. The number of urea groups is 1. The Bertz CT molecular complexity index is 448. The molecule has 2 rings (SSSR count). The maximum absolute atomic E-state index is 12.9. The van der Waals surface area contributed by atoms with Crippen LogP contribution in [0.4, 0.5) is 4.79 Å². The standard InChI is InChI=1S/C15H24N2O3S/c1-4-15(5-2)12(18)16-14(20)17(13(15)19)10-7-6-8-11(9-10)21-3/h10-11H,4-9H2,1-3H3,(H,16,18,20). The highest BCUT2D eigenvalue weighted by molar-refractivity contribution is 7.99. The van der Waals surface area contributed by atoms with Gasteiger partial charge in [0.15, 0.2) is 0 Å². The molecule has 1 aliphatic carbocycles. The predicted octanol–water partition coefficient (Wildman–Crippen LogP) is 2.55. The Morgan fingerprint density at radius 3 is 2.48 bits per heavy atom. The van der Waals surface area contributed by atoms with Crippen LogP contribution in [0, 0.1) is 5.41 Å². The molecule has 1 saturated heterocycles. The second-order valence-corrected chi connectivity index (χ2v) is 7.04. The summed E-state index contributed by atoms with van der Waals surface area (Å²) in [6.07, 6.45) is 6.75. The van der Waals surface area contributed by atoms with Crippen LogP contribution in [0.3, 0.4) is 0 Å². The van der Waals surface area contributed by atoms with Gasteiger partial charge >= 0.3 is 6.03 Å². The molecule has 4 amide bonds. The second-order valence-electron chi connectivity index (χ2n) is 5.90. The van der Waals surface area contributed by atoms with Gasteiger partial charge in [-0.3, -0.25) is 19.8 Å². The van der Waals surface area contributed by atoms with E-state index in [0.29, 0.717) is 18.1 Å². The van der Waals surface area contributed by atoms with Gasteiger partial charge in [-0.2, -0.15) is 11.8 Å². The molecule has 2 aliphatic rings. The minimum absolute atomic E-state index is 0.0747. The van der Waals surface area contributed by atoms with Crippen LogP contribution in [0.15, 0.2) is 0 Å². The Morgan fingerprint density at radius 1 is 1.24 bits per heavy atom. The third-order valence-corrected chi connectivity index (χ3v) is 6.10. The molecule has 2 fully saturated rings. The molecule has 0 bridgehead atoms. The molecule has 118 valence electrons. The molecule has 6 heteroatoms. The first-order valence-electron chi connectivity index (χ1n) is 7.72. The Hall–Kier alpha value is -1.04. The molecule has 1 aliphatic heterocycles. The number of amides is 4. The van der Waals surface area contributed by atoms with Crippen molar-refractivity contribution >= 4 is 29.6 Å². The van der Waals surface area contributed by atoms with Crippen LogP contribution < -0.4 is 5.32 Å². The van der Waals surface area contributed by atoms with Crippen LogP contribution in [-0.4, -0.2) is 40.3 Å². The summed E-state index contributed by atoms with van der Waals surface area (Å²) in [4.78, 5) is 38.6. The zero-order chi connectivity index (χ0) is 15.6. The summed E-state index contributed by atoms with van der Waals surface area (Å²) in [5, 5.41) is 2.89. The highest BCUT2D eigenvalue weighted by atomic mass is 32.2. The normalized spacial score (nSPS) is 29.5. The minimum atomic E-state index is -1.07. The third kappa shape index (κ3) is 2.70. The van der Waals surface area contributed by atoms with Gasteiger partial charge in [0, 0.05) is 11.3 Å². The minimum Gasteiger partial charge on any atom is -0.277 e. The lowest BCUT2D eigenvalue weighted by atomic mass is 9.77. The summed E-state index contributed by atoms with van der Waals surface area (Å²) in [6.45, 7) is 3.67. The molecular weight excluding hydrogens is 288 g/mol. The summed E-state index contributed by atoms with van der Waals surface area (Å²) in [5.74, 6) is -0.732. The van der Waals surface area contributed by atoms with E-state index in [9.17, 15) is 14.4 Å². The lowest BCUT2D eigenvalue weighted by Gasteiger charge is -2.43. The molecule has 0 aromatic rings. The van der Waals surface area contributed by atoms with Gasteiger partial charge < -0.3 is 0 Å². The molecule has 21 heavy (non-hydrogen) atoms. The molecule has 0 spiro atoms. The molecule has 2 atom stereocenters. The molecule has 5 nitrogen and oxygen atoms in total. The zero-order valence-electron chi connectivity index (χ0n) is 13.0. The Kier molecular flexibility index (Phi) is 4.96.